The molecule has 0 bridgehead atoms. The van der Waals surface area contributed by atoms with Gasteiger partial charge >= 0.3 is 11.9 Å². The molecular formula is C28H30F3N7O. The molecule has 4 aromatic rings. The van der Waals surface area contributed by atoms with Gasteiger partial charge in [0.05, 0.1) is 35.1 Å². The minimum absolute atomic E-state index is 0.101. The average Bonchev–Trinajstić information content (AvgIpc) is 3.41. The van der Waals surface area contributed by atoms with E-state index in [0.717, 1.165) is 17.3 Å². The zero-order chi connectivity index (χ0) is 28.3. The monoisotopic (exact) mass is 537 g/mol. The molecule has 5 rings (SSSR count). The third kappa shape index (κ3) is 4.85. The first-order valence-electron chi connectivity index (χ1n) is 12.7. The molecule has 3 aromatic heterocycles. The van der Waals surface area contributed by atoms with Gasteiger partial charge in [0.15, 0.2) is 5.65 Å². The Bertz CT molecular complexity index is 1660. The molecule has 1 aliphatic rings. The predicted molar refractivity (Wildman–Crippen MR) is 141 cm³/mol. The number of imidazole rings is 2. The van der Waals surface area contributed by atoms with Crippen LogP contribution in [0.25, 0.3) is 22.4 Å². The van der Waals surface area contributed by atoms with Crippen molar-refractivity contribution in [2.45, 2.75) is 59.5 Å². The van der Waals surface area contributed by atoms with Crippen LogP contribution in [0, 0.1) is 16.7 Å². The van der Waals surface area contributed by atoms with E-state index in [1.54, 1.807) is 17.7 Å². The van der Waals surface area contributed by atoms with Crippen molar-refractivity contribution in [2.75, 3.05) is 6.54 Å². The topological polar surface area (TPSA) is 84.7 Å². The van der Waals surface area contributed by atoms with E-state index < -0.39 is 11.9 Å². The summed E-state index contributed by atoms with van der Waals surface area (Å²) in [7, 11) is 1.69. The van der Waals surface area contributed by atoms with Gasteiger partial charge in [-0.25, -0.2) is 14.8 Å². The van der Waals surface area contributed by atoms with Gasteiger partial charge in [-0.05, 0) is 42.2 Å². The van der Waals surface area contributed by atoms with Gasteiger partial charge in [0.2, 0.25) is 0 Å². The number of hydrogen-bond donors (Lipinski definition) is 0. The van der Waals surface area contributed by atoms with Crippen LogP contribution in [0.2, 0.25) is 0 Å². The molecule has 1 unspecified atom stereocenters. The van der Waals surface area contributed by atoms with Gasteiger partial charge in [0, 0.05) is 38.8 Å². The molecule has 0 fully saturated rings. The Morgan fingerprint density at radius 2 is 1.87 bits per heavy atom. The second-order valence-corrected chi connectivity index (χ2v) is 11.3. The van der Waals surface area contributed by atoms with Gasteiger partial charge in [-0.2, -0.15) is 18.4 Å². The Morgan fingerprint density at radius 1 is 1.13 bits per heavy atom. The number of rotatable bonds is 4. The summed E-state index contributed by atoms with van der Waals surface area (Å²) in [5.74, 6) is 0.384. The van der Waals surface area contributed by atoms with Gasteiger partial charge in [-0.3, -0.25) is 14.0 Å². The summed E-state index contributed by atoms with van der Waals surface area (Å²) < 4.78 is 44.5. The average molecular weight is 538 g/mol. The van der Waals surface area contributed by atoms with Crippen LogP contribution in [-0.4, -0.2) is 35.1 Å². The van der Waals surface area contributed by atoms with Crippen molar-refractivity contribution in [1.29, 1.82) is 5.26 Å². The zero-order valence-electron chi connectivity index (χ0n) is 22.5. The highest BCUT2D eigenvalue weighted by Crippen LogP contribution is 2.35. The van der Waals surface area contributed by atoms with Crippen molar-refractivity contribution in [2.24, 2.45) is 12.5 Å². The summed E-state index contributed by atoms with van der Waals surface area (Å²) in [6.45, 7) is 9.67. The highest BCUT2D eigenvalue weighted by molar-refractivity contribution is 5.78. The van der Waals surface area contributed by atoms with E-state index in [-0.39, 0.29) is 23.7 Å². The summed E-state index contributed by atoms with van der Waals surface area (Å²) in [6, 6.07) is 11.1. The first kappa shape index (κ1) is 26.7. The van der Waals surface area contributed by atoms with E-state index in [9.17, 15) is 23.2 Å². The van der Waals surface area contributed by atoms with Crippen LogP contribution < -0.4 is 5.69 Å². The van der Waals surface area contributed by atoms with Crippen LogP contribution in [0.5, 0.6) is 0 Å². The van der Waals surface area contributed by atoms with Gasteiger partial charge in [-0.1, -0.05) is 26.8 Å². The number of nitriles is 1. The number of benzene rings is 1. The lowest BCUT2D eigenvalue weighted by atomic mass is 9.97. The number of fused-ring (bicyclic) bond motifs is 2. The van der Waals surface area contributed by atoms with E-state index in [2.05, 4.69) is 36.7 Å². The Balaban J connectivity index is 1.48. The molecule has 0 radical (unpaired) electrons. The molecule has 0 amide bonds. The van der Waals surface area contributed by atoms with Crippen molar-refractivity contribution in [3.63, 3.8) is 0 Å². The molecule has 204 valence electrons. The smallest absolute Gasteiger partial charge is 0.322 e. The maximum Gasteiger partial charge on any atom is 0.433 e. The van der Waals surface area contributed by atoms with Crippen LogP contribution in [0.15, 0.2) is 41.3 Å². The van der Waals surface area contributed by atoms with Crippen molar-refractivity contribution in [1.82, 2.24) is 28.6 Å². The standard InChI is InChI=1S/C28H30F3N7O/c1-17-24-33-14-23(28(29,30)31)37(24)11-10-36(17)15-18-6-7-19(13-32)20(12-18)21-8-9-22-25(34-21)35(5)26(39)38(22)16-27(2,3)4/h6-9,12,14,17H,10-11,15-16H2,1-5H3. The molecule has 1 atom stereocenters. The third-order valence-electron chi connectivity index (χ3n) is 7.19. The van der Waals surface area contributed by atoms with Crippen molar-refractivity contribution in [3.05, 3.63) is 69.7 Å². The SMILES string of the molecule is CC1c2ncc(C(F)(F)F)n2CCN1Cc1ccc(C#N)c(-c2ccc3c(n2)n(C)c(=O)n3CC(C)(C)C)c1. The highest BCUT2D eigenvalue weighted by Gasteiger charge is 2.38. The number of pyridine rings is 1. The number of halogens is 3. The molecule has 0 saturated heterocycles. The Morgan fingerprint density at radius 3 is 2.54 bits per heavy atom. The van der Waals surface area contributed by atoms with Crippen LogP contribution >= 0.6 is 0 Å². The zero-order valence-corrected chi connectivity index (χ0v) is 22.5. The van der Waals surface area contributed by atoms with E-state index >= 15 is 0 Å². The van der Waals surface area contributed by atoms with E-state index in [4.69, 9.17) is 4.98 Å². The molecule has 11 heteroatoms. The van der Waals surface area contributed by atoms with Gasteiger partial charge in [0.25, 0.3) is 0 Å². The normalized spacial score (nSPS) is 16.4. The molecule has 4 heterocycles. The molecule has 39 heavy (non-hydrogen) atoms. The molecule has 1 aliphatic heterocycles. The second kappa shape index (κ2) is 9.38. The van der Waals surface area contributed by atoms with Crippen LogP contribution in [-0.2, 0) is 32.9 Å². The number of hydrogen-bond acceptors (Lipinski definition) is 5. The fourth-order valence-electron chi connectivity index (χ4n) is 5.27. The summed E-state index contributed by atoms with van der Waals surface area (Å²) >= 11 is 0. The first-order chi connectivity index (χ1) is 18.3. The van der Waals surface area contributed by atoms with Crippen LogP contribution in [0.4, 0.5) is 13.2 Å². The summed E-state index contributed by atoms with van der Waals surface area (Å²) in [5.41, 5.74) is 2.84. The van der Waals surface area contributed by atoms with Crippen molar-refractivity contribution < 1.29 is 13.2 Å². The molecule has 0 aliphatic carbocycles. The van der Waals surface area contributed by atoms with E-state index in [1.165, 1.54) is 9.13 Å². The molecule has 8 nitrogen and oxygen atoms in total. The summed E-state index contributed by atoms with van der Waals surface area (Å²) in [6.07, 6.45) is -3.54. The minimum Gasteiger partial charge on any atom is -0.322 e. The maximum absolute atomic E-state index is 13.3. The predicted octanol–water partition coefficient (Wildman–Crippen LogP) is 5.11. The third-order valence-corrected chi connectivity index (χ3v) is 7.19. The van der Waals surface area contributed by atoms with Crippen LogP contribution in [0.3, 0.4) is 0 Å². The number of aryl methyl sites for hydroxylation is 1. The molecular weight excluding hydrogens is 507 g/mol. The lowest BCUT2D eigenvalue weighted by Crippen LogP contribution is -2.37. The summed E-state index contributed by atoms with van der Waals surface area (Å²) in [5, 5.41) is 9.80. The molecule has 1 aromatic carbocycles. The van der Waals surface area contributed by atoms with Gasteiger partial charge in [0.1, 0.15) is 11.5 Å². The summed E-state index contributed by atoms with van der Waals surface area (Å²) in [4.78, 5) is 23.9. The lowest BCUT2D eigenvalue weighted by Gasteiger charge is -2.34. The fraction of sp³-hybridized carbons (Fsp3) is 0.429. The van der Waals surface area contributed by atoms with E-state index in [0.29, 0.717) is 47.9 Å². The maximum atomic E-state index is 13.3. The second-order valence-electron chi connectivity index (χ2n) is 11.3. The molecule has 0 saturated carbocycles. The Labute approximate surface area is 223 Å². The number of nitrogens with zero attached hydrogens (tertiary/aromatic N) is 7. The quantitative estimate of drug-likeness (QED) is 0.361. The van der Waals surface area contributed by atoms with Gasteiger partial charge in [-0.15, -0.1) is 0 Å². The van der Waals surface area contributed by atoms with Crippen LogP contribution in [0.1, 0.15) is 56.4 Å². The Kier molecular flexibility index (Phi) is 6.42. The Hall–Kier alpha value is -3.91. The number of alkyl halides is 3. The highest BCUT2D eigenvalue weighted by atomic mass is 19.4. The number of aromatic nitrogens is 5. The molecule has 0 N–H and O–H groups in total. The first-order valence-corrected chi connectivity index (χ1v) is 12.7. The van der Waals surface area contributed by atoms with Gasteiger partial charge < -0.3 is 4.57 Å². The van der Waals surface area contributed by atoms with E-state index in [1.807, 2.05) is 31.2 Å². The lowest BCUT2D eigenvalue weighted by molar-refractivity contribution is -0.144. The van der Waals surface area contributed by atoms with Crippen molar-refractivity contribution >= 4 is 11.2 Å². The largest absolute Gasteiger partial charge is 0.433 e. The molecule has 0 spiro atoms. The fourth-order valence-corrected chi connectivity index (χ4v) is 5.27. The minimum atomic E-state index is -4.44. The van der Waals surface area contributed by atoms with Crippen molar-refractivity contribution in [3.8, 4) is 17.3 Å².